The van der Waals surface area contributed by atoms with Crippen LogP contribution in [-0.2, 0) is 0 Å². The summed E-state index contributed by atoms with van der Waals surface area (Å²) in [5.41, 5.74) is 0. The smallest absolute Gasteiger partial charge is 0.0894 e. The summed E-state index contributed by atoms with van der Waals surface area (Å²) in [5.74, 6) is 0. The van der Waals surface area contributed by atoms with Crippen LogP contribution in [0.5, 0.6) is 0 Å². The van der Waals surface area contributed by atoms with Gasteiger partial charge < -0.3 is 15.5 Å². The average molecular weight is 304 g/mol. The molecule has 0 spiro atoms. The van der Waals surface area contributed by atoms with Gasteiger partial charge in [0.25, 0.3) is 0 Å². The normalized spacial score (nSPS) is 22.2. The van der Waals surface area contributed by atoms with Crippen LogP contribution in [0.2, 0.25) is 0 Å². The molecule has 2 rings (SSSR count). The Hall–Kier alpha value is -0.100. The fraction of sp³-hybridized carbons (Fsp3) is 0.636. The van der Waals surface area contributed by atoms with Gasteiger partial charge in [0.1, 0.15) is 0 Å². The number of nitrogens with one attached hydrogen (secondary N) is 2. The van der Waals surface area contributed by atoms with Crippen LogP contribution in [-0.4, -0.2) is 44.2 Å². The van der Waals surface area contributed by atoms with E-state index in [4.69, 9.17) is 0 Å². The molecule has 1 aliphatic rings. The molecule has 2 N–H and O–H groups in total. The van der Waals surface area contributed by atoms with E-state index in [-0.39, 0.29) is 0 Å². The van der Waals surface area contributed by atoms with Crippen molar-refractivity contribution in [3.8, 4) is 0 Å². The summed E-state index contributed by atoms with van der Waals surface area (Å²) in [6.45, 7) is 4.45. The van der Waals surface area contributed by atoms with Crippen molar-refractivity contribution in [2.75, 3.05) is 38.5 Å². The molecule has 1 aromatic heterocycles. The third-order valence-electron chi connectivity index (χ3n) is 2.99. The highest BCUT2D eigenvalue weighted by atomic mass is 79.9. The number of piperazine rings is 1. The Morgan fingerprint density at radius 1 is 1.69 bits per heavy atom. The van der Waals surface area contributed by atoms with E-state index in [1.54, 1.807) is 11.3 Å². The van der Waals surface area contributed by atoms with Gasteiger partial charge in [-0.2, -0.15) is 0 Å². The van der Waals surface area contributed by atoms with E-state index in [0.717, 1.165) is 30.7 Å². The van der Waals surface area contributed by atoms with E-state index >= 15 is 0 Å². The Kier molecular flexibility index (Phi) is 4.64. The van der Waals surface area contributed by atoms with Crippen molar-refractivity contribution >= 4 is 32.3 Å². The summed E-state index contributed by atoms with van der Waals surface area (Å²) in [5, 5.41) is 10.3. The number of nitrogens with zero attached hydrogens (tertiary/aromatic N) is 1. The Morgan fingerprint density at radius 2 is 2.56 bits per heavy atom. The molecule has 0 saturated carbocycles. The van der Waals surface area contributed by atoms with Gasteiger partial charge in [0.15, 0.2) is 0 Å². The van der Waals surface area contributed by atoms with Crippen LogP contribution < -0.4 is 10.6 Å². The third-order valence-corrected chi connectivity index (χ3v) is 4.64. The van der Waals surface area contributed by atoms with E-state index in [1.165, 1.54) is 11.4 Å². The van der Waals surface area contributed by atoms with Crippen molar-refractivity contribution in [1.82, 2.24) is 10.2 Å². The number of halogens is 1. The van der Waals surface area contributed by atoms with E-state index in [9.17, 15) is 0 Å². The zero-order valence-corrected chi connectivity index (χ0v) is 11.9. The summed E-state index contributed by atoms with van der Waals surface area (Å²) >= 11 is 5.21. The minimum atomic E-state index is 0.671. The fourth-order valence-corrected chi connectivity index (χ4v) is 3.30. The first-order valence-electron chi connectivity index (χ1n) is 5.64. The highest BCUT2D eigenvalue weighted by Gasteiger charge is 2.17. The number of likely N-dealkylation sites (N-methyl/N-ethyl adjacent to an activating group) is 1. The van der Waals surface area contributed by atoms with E-state index in [0.29, 0.717) is 6.04 Å². The second-order valence-electron chi connectivity index (χ2n) is 4.18. The molecule has 1 aromatic rings. The van der Waals surface area contributed by atoms with Crippen molar-refractivity contribution in [3.05, 3.63) is 15.9 Å². The van der Waals surface area contributed by atoms with Crippen LogP contribution in [0.4, 0.5) is 5.00 Å². The van der Waals surface area contributed by atoms with Crippen LogP contribution in [0.1, 0.15) is 6.42 Å². The molecule has 5 heteroatoms. The summed E-state index contributed by atoms with van der Waals surface area (Å²) in [7, 11) is 2.22. The molecule has 3 nitrogen and oxygen atoms in total. The van der Waals surface area contributed by atoms with Gasteiger partial charge in [0.05, 0.1) is 5.00 Å². The Bertz CT molecular complexity index is 329. The van der Waals surface area contributed by atoms with Gasteiger partial charge in [-0.15, -0.1) is 11.3 Å². The van der Waals surface area contributed by atoms with Gasteiger partial charge in [-0.25, -0.2) is 0 Å². The van der Waals surface area contributed by atoms with Crippen molar-refractivity contribution in [1.29, 1.82) is 0 Å². The summed E-state index contributed by atoms with van der Waals surface area (Å²) in [4.78, 5) is 2.45. The fourth-order valence-electron chi connectivity index (χ4n) is 1.95. The molecule has 16 heavy (non-hydrogen) atoms. The predicted molar refractivity (Wildman–Crippen MR) is 74.4 cm³/mol. The molecule has 0 bridgehead atoms. The SMILES string of the molecule is CN1CCNCC1CCNc1cc(Br)cs1. The first-order valence-corrected chi connectivity index (χ1v) is 7.32. The van der Waals surface area contributed by atoms with E-state index in [1.807, 2.05) is 0 Å². The maximum atomic E-state index is 3.47. The Morgan fingerprint density at radius 3 is 3.25 bits per heavy atom. The van der Waals surface area contributed by atoms with Crippen LogP contribution in [0.15, 0.2) is 15.9 Å². The lowest BCUT2D eigenvalue weighted by molar-refractivity contribution is 0.194. The largest absolute Gasteiger partial charge is 0.377 e. The molecular formula is C11H18BrN3S. The summed E-state index contributed by atoms with van der Waals surface area (Å²) < 4.78 is 1.16. The van der Waals surface area contributed by atoms with Gasteiger partial charge in [-0.05, 0) is 35.5 Å². The molecule has 0 radical (unpaired) electrons. The zero-order valence-electron chi connectivity index (χ0n) is 9.50. The van der Waals surface area contributed by atoms with Crippen LogP contribution in [0.25, 0.3) is 0 Å². The van der Waals surface area contributed by atoms with Crippen LogP contribution in [0, 0.1) is 0 Å². The first-order chi connectivity index (χ1) is 7.75. The Balaban J connectivity index is 1.71. The monoisotopic (exact) mass is 303 g/mol. The van der Waals surface area contributed by atoms with Gasteiger partial charge in [0.2, 0.25) is 0 Å². The van der Waals surface area contributed by atoms with E-state index < -0.39 is 0 Å². The molecule has 1 aliphatic heterocycles. The number of hydrogen-bond donors (Lipinski definition) is 2. The lowest BCUT2D eigenvalue weighted by Crippen LogP contribution is -2.49. The van der Waals surface area contributed by atoms with Crippen LogP contribution >= 0.6 is 27.3 Å². The van der Waals surface area contributed by atoms with E-state index in [2.05, 4.69) is 50.0 Å². The van der Waals surface area contributed by atoms with Crippen molar-refractivity contribution in [2.24, 2.45) is 0 Å². The highest BCUT2D eigenvalue weighted by molar-refractivity contribution is 9.10. The molecular weight excluding hydrogens is 286 g/mol. The quantitative estimate of drug-likeness (QED) is 0.893. The summed E-state index contributed by atoms with van der Waals surface area (Å²) in [6.07, 6.45) is 1.19. The van der Waals surface area contributed by atoms with Crippen LogP contribution in [0.3, 0.4) is 0 Å². The summed E-state index contributed by atoms with van der Waals surface area (Å²) in [6, 6.07) is 2.80. The van der Waals surface area contributed by atoms with Crippen molar-refractivity contribution in [2.45, 2.75) is 12.5 Å². The van der Waals surface area contributed by atoms with Gasteiger partial charge in [-0.3, -0.25) is 0 Å². The number of anilines is 1. The average Bonchev–Trinajstić information content (AvgIpc) is 2.67. The lowest BCUT2D eigenvalue weighted by atomic mass is 10.1. The standard InChI is InChI=1S/C11H18BrN3S/c1-15-5-4-13-7-10(15)2-3-14-11-6-9(12)8-16-11/h6,8,10,13-14H,2-5,7H2,1H3. The second kappa shape index (κ2) is 6.00. The van der Waals surface area contributed by atoms with Gasteiger partial charge >= 0.3 is 0 Å². The Labute approximate surface area is 109 Å². The molecule has 0 aliphatic carbocycles. The zero-order chi connectivity index (χ0) is 11.4. The maximum Gasteiger partial charge on any atom is 0.0894 e. The molecule has 1 saturated heterocycles. The predicted octanol–water partition coefficient (Wildman–Crippen LogP) is 2.22. The molecule has 1 fully saturated rings. The topological polar surface area (TPSA) is 27.3 Å². The number of thiophene rings is 1. The van der Waals surface area contributed by atoms with Crippen molar-refractivity contribution in [3.63, 3.8) is 0 Å². The molecule has 0 amide bonds. The number of hydrogen-bond acceptors (Lipinski definition) is 4. The molecule has 1 atom stereocenters. The molecule has 90 valence electrons. The number of rotatable bonds is 4. The molecule has 1 unspecified atom stereocenters. The third kappa shape index (κ3) is 3.45. The first kappa shape index (κ1) is 12.4. The minimum absolute atomic E-state index is 0.671. The second-order valence-corrected chi connectivity index (χ2v) is 6.01. The van der Waals surface area contributed by atoms with Gasteiger partial charge in [0, 0.05) is 42.1 Å². The minimum Gasteiger partial charge on any atom is -0.377 e. The maximum absolute atomic E-state index is 3.47. The highest BCUT2D eigenvalue weighted by Crippen LogP contribution is 2.24. The van der Waals surface area contributed by atoms with Gasteiger partial charge in [-0.1, -0.05) is 0 Å². The van der Waals surface area contributed by atoms with Crippen molar-refractivity contribution < 1.29 is 0 Å². The molecule has 2 heterocycles. The molecule has 0 aromatic carbocycles. The lowest BCUT2D eigenvalue weighted by Gasteiger charge is -2.33.